The molecule has 0 unspecified atom stereocenters. The van der Waals surface area contributed by atoms with Crippen LogP contribution in [-0.2, 0) is 9.53 Å². The molecule has 0 aliphatic rings. The quantitative estimate of drug-likeness (QED) is 0.643. The molecule has 0 saturated heterocycles. The van der Waals surface area contributed by atoms with E-state index in [9.17, 15) is 18.0 Å². The van der Waals surface area contributed by atoms with Crippen LogP contribution in [0.25, 0.3) is 0 Å². The third-order valence-corrected chi connectivity index (χ3v) is 1.94. The number of benzene rings is 1. The molecule has 5 nitrogen and oxygen atoms in total. The van der Waals surface area contributed by atoms with E-state index in [-0.39, 0.29) is 18.2 Å². The fraction of sp³-hybridized carbons (Fsp3) is 0.250. The molecule has 0 heterocycles. The SMILES string of the molecule is CCOC(=O)C=C(N)Nc1ccc(OC(F)(F)F)cc1. The summed E-state index contributed by atoms with van der Waals surface area (Å²) in [5, 5.41) is 2.62. The summed E-state index contributed by atoms with van der Waals surface area (Å²) < 4.78 is 44.2. The second-order valence-electron chi connectivity index (χ2n) is 3.55. The van der Waals surface area contributed by atoms with Gasteiger partial charge in [0.1, 0.15) is 11.6 Å². The molecule has 0 radical (unpaired) electrons. The van der Waals surface area contributed by atoms with Crippen molar-refractivity contribution in [2.45, 2.75) is 13.3 Å². The average Bonchev–Trinajstić information content (AvgIpc) is 2.30. The van der Waals surface area contributed by atoms with Crippen molar-refractivity contribution in [3.63, 3.8) is 0 Å². The van der Waals surface area contributed by atoms with Crippen molar-refractivity contribution in [1.29, 1.82) is 0 Å². The van der Waals surface area contributed by atoms with Gasteiger partial charge >= 0.3 is 12.3 Å². The van der Waals surface area contributed by atoms with Crippen LogP contribution in [0.3, 0.4) is 0 Å². The molecule has 0 aliphatic carbocycles. The van der Waals surface area contributed by atoms with Gasteiger partial charge in [0.2, 0.25) is 0 Å². The number of carbonyl (C=O) groups excluding carboxylic acids is 1. The molecule has 0 fully saturated rings. The first kappa shape index (κ1) is 15.7. The lowest BCUT2D eigenvalue weighted by molar-refractivity contribution is -0.274. The zero-order valence-electron chi connectivity index (χ0n) is 10.5. The number of halogens is 3. The molecule has 0 aliphatic heterocycles. The van der Waals surface area contributed by atoms with E-state index in [1.807, 2.05) is 0 Å². The summed E-state index contributed by atoms with van der Waals surface area (Å²) in [7, 11) is 0. The Bertz CT molecular complexity index is 484. The monoisotopic (exact) mass is 290 g/mol. The molecule has 0 bridgehead atoms. The van der Waals surface area contributed by atoms with Gasteiger partial charge in [0, 0.05) is 5.69 Å². The summed E-state index contributed by atoms with van der Waals surface area (Å²) in [5.41, 5.74) is 5.92. The summed E-state index contributed by atoms with van der Waals surface area (Å²) in [5.74, 6) is -0.960. The molecule has 20 heavy (non-hydrogen) atoms. The predicted octanol–water partition coefficient (Wildman–Crippen LogP) is 2.36. The highest BCUT2D eigenvalue weighted by Gasteiger charge is 2.30. The molecule has 0 aromatic heterocycles. The van der Waals surface area contributed by atoms with Gasteiger partial charge in [0.15, 0.2) is 0 Å². The Morgan fingerprint density at radius 2 is 1.95 bits per heavy atom. The van der Waals surface area contributed by atoms with Gasteiger partial charge in [-0.1, -0.05) is 0 Å². The number of nitrogens with two attached hydrogens (primary N) is 1. The molecule has 8 heteroatoms. The molecule has 0 amide bonds. The van der Waals surface area contributed by atoms with E-state index in [1.54, 1.807) is 6.92 Å². The Hall–Kier alpha value is -2.38. The normalized spacial score (nSPS) is 11.9. The standard InChI is InChI=1S/C12H13F3N2O3/c1-2-19-11(18)7-10(16)17-8-3-5-9(6-4-8)20-12(13,14)15/h3-7,17H,2,16H2,1H3. The molecule has 0 saturated carbocycles. The number of carbonyl (C=O) groups is 1. The number of hydrogen-bond acceptors (Lipinski definition) is 5. The van der Waals surface area contributed by atoms with Crippen LogP contribution in [0.1, 0.15) is 6.92 Å². The smallest absolute Gasteiger partial charge is 0.463 e. The van der Waals surface area contributed by atoms with Crippen LogP contribution < -0.4 is 15.8 Å². The average molecular weight is 290 g/mol. The van der Waals surface area contributed by atoms with Crippen LogP contribution in [0.5, 0.6) is 5.75 Å². The van der Waals surface area contributed by atoms with Gasteiger partial charge in [-0.2, -0.15) is 0 Å². The Kier molecular flexibility index (Phi) is 5.24. The molecule has 1 aromatic carbocycles. The Balaban J connectivity index is 2.63. The third kappa shape index (κ3) is 5.98. The second-order valence-corrected chi connectivity index (χ2v) is 3.55. The third-order valence-electron chi connectivity index (χ3n) is 1.94. The molecule has 3 N–H and O–H groups in total. The summed E-state index contributed by atoms with van der Waals surface area (Å²) >= 11 is 0. The van der Waals surface area contributed by atoms with Crippen molar-refractivity contribution in [3.05, 3.63) is 36.2 Å². The van der Waals surface area contributed by atoms with E-state index in [2.05, 4.69) is 14.8 Å². The van der Waals surface area contributed by atoms with Crippen molar-refractivity contribution in [2.75, 3.05) is 11.9 Å². The Morgan fingerprint density at radius 3 is 2.45 bits per heavy atom. The molecule has 1 aromatic rings. The van der Waals surface area contributed by atoms with Gasteiger partial charge in [-0.15, -0.1) is 13.2 Å². The first-order valence-electron chi connectivity index (χ1n) is 5.57. The lowest BCUT2D eigenvalue weighted by Crippen LogP contribution is -2.17. The van der Waals surface area contributed by atoms with Crippen molar-refractivity contribution in [2.24, 2.45) is 5.73 Å². The maximum absolute atomic E-state index is 11.9. The second kappa shape index (κ2) is 6.69. The van der Waals surface area contributed by atoms with Crippen molar-refractivity contribution >= 4 is 11.7 Å². The van der Waals surface area contributed by atoms with Gasteiger partial charge in [0.25, 0.3) is 0 Å². The molecule has 1 rings (SSSR count). The van der Waals surface area contributed by atoms with Crippen LogP contribution >= 0.6 is 0 Å². The van der Waals surface area contributed by atoms with E-state index in [0.29, 0.717) is 5.69 Å². The number of esters is 1. The summed E-state index contributed by atoms with van der Waals surface area (Å²) in [6.07, 6.45) is -3.71. The maximum atomic E-state index is 11.9. The van der Waals surface area contributed by atoms with Gasteiger partial charge in [0.05, 0.1) is 12.7 Å². The molecular formula is C12H13F3N2O3. The largest absolute Gasteiger partial charge is 0.573 e. The first-order chi connectivity index (χ1) is 9.30. The zero-order chi connectivity index (χ0) is 15.2. The number of rotatable bonds is 5. The van der Waals surface area contributed by atoms with E-state index in [0.717, 1.165) is 18.2 Å². The van der Waals surface area contributed by atoms with Crippen LogP contribution in [0.4, 0.5) is 18.9 Å². The van der Waals surface area contributed by atoms with E-state index in [1.165, 1.54) is 12.1 Å². The topological polar surface area (TPSA) is 73.6 Å². The highest BCUT2D eigenvalue weighted by molar-refractivity contribution is 5.83. The molecule has 0 spiro atoms. The van der Waals surface area contributed by atoms with E-state index in [4.69, 9.17) is 5.73 Å². The lowest BCUT2D eigenvalue weighted by Gasteiger charge is -2.10. The van der Waals surface area contributed by atoms with Crippen LogP contribution in [0.15, 0.2) is 36.2 Å². The fourth-order valence-corrected chi connectivity index (χ4v) is 1.25. The van der Waals surface area contributed by atoms with E-state index >= 15 is 0 Å². The Morgan fingerprint density at radius 1 is 1.35 bits per heavy atom. The summed E-state index contributed by atoms with van der Waals surface area (Å²) in [6.45, 7) is 1.86. The number of anilines is 1. The van der Waals surface area contributed by atoms with Crippen LogP contribution in [0, 0.1) is 0 Å². The lowest BCUT2D eigenvalue weighted by atomic mass is 10.3. The molecule has 0 atom stereocenters. The van der Waals surface area contributed by atoms with Crippen molar-refractivity contribution in [1.82, 2.24) is 0 Å². The molecular weight excluding hydrogens is 277 g/mol. The predicted molar refractivity (Wildman–Crippen MR) is 65.7 cm³/mol. The van der Waals surface area contributed by atoms with Gasteiger partial charge in [-0.3, -0.25) is 0 Å². The van der Waals surface area contributed by atoms with Crippen LogP contribution in [-0.4, -0.2) is 18.9 Å². The highest BCUT2D eigenvalue weighted by atomic mass is 19.4. The minimum Gasteiger partial charge on any atom is -0.463 e. The summed E-state index contributed by atoms with van der Waals surface area (Å²) in [4.78, 5) is 11.1. The maximum Gasteiger partial charge on any atom is 0.573 e. The molecule has 110 valence electrons. The minimum absolute atomic E-state index is 0.00735. The highest BCUT2D eigenvalue weighted by Crippen LogP contribution is 2.24. The van der Waals surface area contributed by atoms with Gasteiger partial charge in [-0.05, 0) is 31.2 Å². The van der Waals surface area contributed by atoms with Crippen LogP contribution in [0.2, 0.25) is 0 Å². The van der Waals surface area contributed by atoms with Gasteiger partial charge in [-0.25, -0.2) is 4.79 Å². The number of alkyl halides is 3. The van der Waals surface area contributed by atoms with Gasteiger partial charge < -0.3 is 20.5 Å². The zero-order valence-corrected chi connectivity index (χ0v) is 10.5. The minimum atomic E-state index is -4.74. The Labute approximate surface area is 113 Å². The van der Waals surface area contributed by atoms with Crippen molar-refractivity contribution < 1.29 is 27.4 Å². The van der Waals surface area contributed by atoms with Crippen molar-refractivity contribution in [3.8, 4) is 5.75 Å². The fourth-order valence-electron chi connectivity index (χ4n) is 1.25. The van der Waals surface area contributed by atoms with E-state index < -0.39 is 12.3 Å². The number of ether oxygens (including phenoxy) is 2. The number of hydrogen-bond donors (Lipinski definition) is 2. The first-order valence-corrected chi connectivity index (χ1v) is 5.57. The number of nitrogens with one attached hydrogen (secondary N) is 1. The summed E-state index contributed by atoms with van der Waals surface area (Å²) in [6, 6.07) is 4.89.